The van der Waals surface area contributed by atoms with E-state index in [4.69, 9.17) is 9.15 Å². The van der Waals surface area contributed by atoms with Gasteiger partial charge in [0.2, 0.25) is 0 Å². The minimum Gasteiger partial charge on any atom is -0.457 e. The molecule has 29 heavy (non-hydrogen) atoms. The first kappa shape index (κ1) is 19.6. The maximum absolute atomic E-state index is 14.5. The molecule has 1 fully saturated rings. The van der Waals surface area contributed by atoms with Gasteiger partial charge in [0, 0.05) is 28.7 Å². The molecule has 3 aromatic rings. The van der Waals surface area contributed by atoms with Gasteiger partial charge in [-0.3, -0.25) is 4.79 Å². The molecule has 4 rings (SSSR count). The highest BCUT2D eigenvalue weighted by molar-refractivity contribution is 9.10. The quantitative estimate of drug-likeness (QED) is 0.371. The van der Waals surface area contributed by atoms with Crippen molar-refractivity contribution in [3.8, 4) is 11.3 Å². The molecule has 0 unspecified atom stereocenters. The van der Waals surface area contributed by atoms with E-state index in [1.807, 2.05) is 35.2 Å². The van der Waals surface area contributed by atoms with Crippen LogP contribution in [0, 0.1) is 5.82 Å². The first-order valence-corrected chi connectivity index (χ1v) is 10.1. The van der Waals surface area contributed by atoms with Crippen LogP contribution in [0.3, 0.4) is 0 Å². The highest BCUT2D eigenvalue weighted by atomic mass is 79.9. The maximum atomic E-state index is 14.5. The molecule has 1 aliphatic rings. The van der Waals surface area contributed by atoms with Crippen LogP contribution in [-0.4, -0.2) is 32.1 Å². The number of morpholine rings is 1. The standard InChI is InChI=1S/C23H19BrFNO3/c24-19-4-2-1-3-18(19)23-10-7-17(29-23)6-9-22(27)16-5-8-21(20(25)15-16)26-11-13-28-14-12-26/h1-10,15H,11-14H2. The molecule has 0 amide bonds. The lowest BCUT2D eigenvalue weighted by Gasteiger charge is -2.29. The van der Waals surface area contributed by atoms with E-state index < -0.39 is 5.82 Å². The predicted octanol–water partition coefficient (Wildman–Crippen LogP) is 5.58. The highest BCUT2D eigenvalue weighted by Gasteiger charge is 2.16. The van der Waals surface area contributed by atoms with Crippen molar-refractivity contribution >= 4 is 33.5 Å². The zero-order valence-electron chi connectivity index (χ0n) is 15.6. The number of ketones is 1. The average Bonchev–Trinajstić information content (AvgIpc) is 3.21. The number of benzene rings is 2. The number of rotatable bonds is 5. The average molecular weight is 456 g/mol. The van der Waals surface area contributed by atoms with Crippen LogP contribution in [0.15, 0.2) is 69.6 Å². The second-order valence-corrected chi connectivity index (χ2v) is 7.50. The number of nitrogens with zero attached hydrogens (tertiary/aromatic N) is 1. The van der Waals surface area contributed by atoms with E-state index in [2.05, 4.69) is 15.9 Å². The van der Waals surface area contributed by atoms with E-state index in [9.17, 15) is 9.18 Å². The van der Waals surface area contributed by atoms with Crippen LogP contribution in [0.1, 0.15) is 16.1 Å². The number of ether oxygens (including phenoxy) is 1. The molecule has 0 radical (unpaired) electrons. The lowest BCUT2D eigenvalue weighted by molar-refractivity contribution is 0.104. The first-order chi connectivity index (χ1) is 14.1. The lowest BCUT2D eigenvalue weighted by Crippen LogP contribution is -2.36. The van der Waals surface area contributed by atoms with Gasteiger partial charge in [0.25, 0.3) is 0 Å². The number of carbonyl (C=O) groups is 1. The third kappa shape index (κ3) is 4.49. The van der Waals surface area contributed by atoms with Crippen LogP contribution in [0.5, 0.6) is 0 Å². The zero-order valence-corrected chi connectivity index (χ0v) is 17.2. The molecule has 2 heterocycles. The van der Waals surface area contributed by atoms with Crippen molar-refractivity contribution in [1.29, 1.82) is 0 Å². The second kappa shape index (κ2) is 8.76. The molecule has 1 aliphatic heterocycles. The van der Waals surface area contributed by atoms with Gasteiger partial charge in [-0.15, -0.1) is 0 Å². The number of anilines is 1. The van der Waals surface area contributed by atoms with Crippen molar-refractivity contribution in [2.45, 2.75) is 0 Å². The fourth-order valence-corrected chi connectivity index (χ4v) is 3.70. The highest BCUT2D eigenvalue weighted by Crippen LogP contribution is 2.29. The summed E-state index contributed by atoms with van der Waals surface area (Å²) in [5, 5.41) is 0. The van der Waals surface area contributed by atoms with Gasteiger partial charge >= 0.3 is 0 Å². The van der Waals surface area contributed by atoms with Gasteiger partial charge in [0.05, 0.1) is 18.9 Å². The van der Waals surface area contributed by atoms with E-state index in [0.717, 1.165) is 10.0 Å². The topological polar surface area (TPSA) is 42.7 Å². The Hall–Kier alpha value is -2.70. The van der Waals surface area contributed by atoms with E-state index in [-0.39, 0.29) is 5.78 Å². The van der Waals surface area contributed by atoms with E-state index in [0.29, 0.717) is 49.1 Å². The summed E-state index contributed by atoms with van der Waals surface area (Å²) in [5.41, 5.74) is 1.73. The minimum atomic E-state index is -0.402. The van der Waals surface area contributed by atoms with Crippen molar-refractivity contribution in [3.05, 3.63) is 82.3 Å². The number of carbonyl (C=O) groups excluding carboxylic acids is 1. The molecule has 1 aromatic heterocycles. The Morgan fingerprint density at radius 1 is 1.07 bits per heavy atom. The molecule has 0 saturated carbocycles. The predicted molar refractivity (Wildman–Crippen MR) is 115 cm³/mol. The summed E-state index contributed by atoms with van der Waals surface area (Å²) in [6, 6.07) is 16.0. The van der Waals surface area contributed by atoms with Crippen LogP contribution in [0.4, 0.5) is 10.1 Å². The Bertz CT molecular complexity index is 1050. The summed E-state index contributed by atoms with van der Waals surface area (Å²) in [6.07, 6.45) is 2.99. The summed E-state index contributed by atoms with van der Waals surface area (Å²) in [5.74, 6) is 0.566. The monoisotopic (exact) mass is 455 g/mol. The SMILES string of the molecule is O=C(C=Cc1ccc(-c2ccccc2Br)o1)c1ccc(N2CCOCC2)c(F)c1. The molecule has 6 heteroatoms. The van der Waals surface area contributed by atoms with Crippen molar-refractivity contribution in [2.24, 2.45) is 0 Å². The number of allylic oxidation sites excluding steroid dienone is 1. The first-order valence-electron chi connectivity index (χ1n) is 9.31. The third-order valence-corrected chi connectivity index (χ3v) is 5.44. The normalized spacial score (nSPS) is 14.5. The summed E-state index contributed by atoms with van der Waals surface area (Å²) >= 11 is 3.50. The molecule has 0 aliphatic carbocycles. The molecule has 1 saturated heterocycles. The Morgan fingerprint density at radius 2 is 1.86 bits per heavy atom. The molecule has 0 N–H and O–H groups in total. The number of hydrogen-bond acceptors (Lipinski definition) is 4. The minimum absolute atomic E-state index is 0.281. The van der Waals surface area contributed by atoms with Gasteiger partial charge < -0.3 is 14.1 Å². The summed E-state index contributed by atoms with van der Waals surface area (Å²) < 4.78 is 26.5. The number of hydrogen-bond donors (Lipinski definition) is 0. The smallest absolute Gasteiger partial charge is 0.186 e. The lowest BCUT2D eigenvalue weighted by atomic mass is 10.1. The van der Waals surface area contributed by atoms with Gasteiger partial charge in [0.1, 0.15) is 17.3 Å². The van der Waals surface area contributed by atoms with Crippen LogP contribution in [-0.2, 0) is 4.74 Å². The molecular formula is C23H19BrFNO3. The van der Waals surface area contributed by atoms with E-state index in [1.165, 1.54) is 12.1 Å². The maximum Gasteiger partial charge on any atom is 0.186 e. The van der Waals surface area contributed by atoms with Crippen LogP contribution >= 0.6 is 15.9 Å². The Kier molecular flexibility index (Phi) is 5.92. The molecule has 148 valence electrons. The Labute approximate surface area is 176 Å². The van der Waals surface area contributed by atoms with Crippen LogP contribution in [0.25, 0.3) is 17.4 Å². The largest absolute Gasteiger partial charge is 0.457 e. The van der Waals surface area contributed by atoms with Crippen LogP contribution in [0.2, 0.25) is 0 Å². The van der Waals surface area contributed by atoms with Gasteiger partial charge in [-0.25, -0.2) is 4.39 Å². The van der Waals surface area contributed by atoms with Crippen molar-refractivity contribution in [2.75, 3.05) is 31.2 Å². The molecule has 2 aromatic carbocycles. The molecule has 0 bridgehead atoms. The summed E-state index contributed by atoms with van der Waals surface area (Å²) in [7, 11) is 0. The van der Waals surface area contributed by atoms with Crippen LogP contribution < -0.4 is 4.90 Å². The summed E-state index contributed by atoms with van der Waals surface area (Å²) in [6.45, 7) is 2.44. The van der Waals surface area contributed by atoms with Gasteiger partial charge in [0.15, 0.2) is 5.78 Å². The molecule has 4 nitrogen and oxygen atoms in total. The second-order valence-electron chi connectivity index (χ2n) is 6.65. The fraction of sp³-hybridized carbons (Fsp3) is 0.174. The van der Waals surface area contributed by atoms with Gasteiger partial charge in [-0.05, 0) is 48.6 Å². The van der Waals surface area contributed by atoms with Crippen molar-refractivity contribution in [3.63, 3.8) is 0 Å². The molecule has 0 spiro atoms. The van der Waals surface area contributed by atoms with Crippen molar-refractivity contribution in [1.82, 2.24) is 0 Å². The van der Waals surface area contributed by atoms with Gasteiger partial charge in [-0.2, -0.15) is 0 Å². The van der Waals surface area contributed by atoms with E-state index in [1.54, 1.807) is 24.3 Å². The number of halogens is 2. The Balaban J connectivity index is 1.47. The number of furan rings is 1. The zero-order chi connectivity index (χ0) is 20.2. The molecular weight excluding hydrogens is 437 g/mol. The summed E-state index contributed by atoms with van der Waals surface area (Å²) in [4.78, 5) is 14.4. The third-order valence-electron chi connectivity index (χ3n) is 4.75. The molecule has 0 atom stereocenters. The van der Waals surface area contributed by atoms with Crippen molar-refractivity contribution < 1.29 is 18.3 Å². The fourth-order valence-electron chi connectivity index (χ4n) is 3.22. The van der Waals surface area contributed by atoms with E-state index >= 15 is 0 Å². The Morgan fingerprint density at radius 3 is 2.62 bits per heavy atom. The van der Waals surface area contributed by atoms with Gasteiger partial charge in [-0.1, -0.05) is 34.1 Å².